The van der Waals surface area contributed by atoms with Gasteiger partial charge in [0.15, 0.2) is 5.78 Å². The normalized spacial score (nSPS) is 11.3. The summed E-state index contributed by atoms with van der Waals surface area (Å²) in [7, 11) is 1.26. The largest absolute Gasteiger partial charge is 0.469 e. The van der Waals surface area contributed by atoms with Crippen molar-refractivity contribution < 1.29 is 27.5 Å². The van der Waals surface area contributed by atoms with Gasteiger partial charge < -0.3 is 4.74 Å². The standard InChI is InChI=1S/C14H14ClF3O3/c1-21-13(20)5-3-2-4-12(19)10-8-9(14(16,17)18)6-7-11(10)15/h6-8H,2-5H2,1H3. The minimum atomic E-state index is -4.52. The second-order valence-electron chi connectivity index (χ2n) is 4.40. The Morgan fingerprint density at radius 3 is 2.38 bits per heavy atom. The number of hydrogen-bond donors (Lipinski definition) is 0. The van der Waals surface area contributed by atoms with E-state index in [0.29, 0.717) is 12.8 Å². The van der Waals surface area contributed by atoms with Crippen LogP contribution in [0.2, 0.25) is 5.02 Å². The maximum absolute atomic E-state index is 12.6. The number of hydrogen-bond acceptors (Lipinski definition) is 3. The summed E-state index contributed by atoms with van der Waals surface area (Å²) in [5, 5.41) is -0.0130. The molecule has 1 rings (SSSR count). The smallest absolute Gasteiger partial charge is 0.416 e. The molecule has 0 aliphatic rings. The Morgan fingerprint density at radius 2 is 1.81 bits per heavy atom. The molecule has 3 nitrogen and oxygen atoms in total. The van der Waals surface area contributed by atoms with Crippen LogP contribution < -0.4 is 0 Å². The molecular formula is C14H14ClF3O3. The number of methoxy groups -OCH3 is 1. The van der Waals surface area contributed by atoms with Crippen LogP contribution in [0, 0.1) is 0 Å². The minimum Gasteiger partial charge on any atom is -0.469 e. The van der Waals surface area contributed by atoms with Gasteiger partial charge in [0.1, 0.15) is 0 Å². The van der Waals surface area contributed by atoms with E-state index in [1.54, 1.807) is 0 Å². The predicted molar refractivity (Wildman–Crippen MR) is 71.3 cm³/mol. The molecule has 0 fully saturated rings. The number of benzene rings is 1. The molecule has 0 aliphatic carbocycles. The quantitative estimate of drug-likeness (QED) is 0.446. The van der Waals surface area contributed by atoms with Gasteiger partial charge in [-0.05, 0) is 31.0 Å². The van der Waals surface area contributed by atoms with E-state index in [-0.39, 0.29) is 29.4 Å². The molecule has 21 heavy (non-hydrogen) atoms. The van der Waals surface area contributed by atoms with Crippen LogP contribution >= 0.6 is 11.6 Å². The van der Waals surface area contributed by atoms with E-state index in [0.717, 1.165) is 18.2 Å². The summed E-state index contributed by atoms with van der Waals surface area (Å²) in [6.07, 6.45) is -3.53. The molecule has 0 aromatic heterocycles. The Labute approximate surface area is 125 Å². The third-order valence-electron chi connectivity index (χ3n) is 2.86. The molecule has 1 aromatic carbocycles. The number of carbonyl (C=O) groups excluding carboxylic acids is 2. The second-order valence-corrected chi connectivity index (χ2v) is 4.81. The number of carbonyl (C=O) groups is 2. The average molecular weight is 323 g/mol. The summed E-state index contributed by atoms with van der Waals surface area (Å²) in [6.45, 7) is 0. The highest BCUT2D eigenvalue weighted by atomic mass is 35.5. The topological polar surface area (TPSA) is 43.4 Å². The van der Waals surface area contributed by atoms with Crippen molar-refractivity contribution in [2.75, 3.05) is 7.11 Å². The molecule has 7 heteroatoms. The van der Waals surface area contributed by atoms with E-state index in [1.807, 2.05) is 0 Å². The SMILES string of the molecule is COC(=O)CCCCC(=O)c1cc(C(F)(F)F)ccc1Cl. The molecular weight excluding hydrogens is 309 g/mol. The highest BCUT2D eigenvalue weighted by Crippen LogP contribution is 2.32. The van der Waals surface area contributed by atoms with Gasteiger partial charge in [-0.15, -0.1) is 0 Å². The summed E-state index contributed by atoms with van der Waals surface area (Å²) in [5.41, 5.74) is -1.06. The summed E-state index contributed by atoms with van der Waals surface area (Å²) in [4.78, 5) is 22.8. The maximum Gasteiger partial charge on any atom is 0.416 e. The van der Waals surface area contributed by atoms with E-state index in [9.17, 15) is 22.8 Å². The van der Waals surface area contributed by atoms with E-state index in [4.69, 9.17) is 11.6 Å². The van der Waals surface area contributed by atoms with Crippen molar-refractivity contribution in [2.24, 2.45) is 0 Å². The van der Waals surface area contributed by atoms with Crippen LogP contribution in [0.5, 0.6) is 0 Å². The molecule has 0 N–H and O–H groups in total. The summed E-state index contributed by atoms with van der Waals surface area (Å²) in [5.74, 6) is -0.865. The number of ether oxygens (including phenoxy) is 1. The van der Waals surface area contributed by atoms with E-state index in [2.05, 4.69) is 4.74 Å². The van der Waals surface area contributed by atoms with E-state index in [1.165, 1.54) is 7.11 Å². The number of alkyl halides is 3. The summed E-state index contributed by atoms with van der Waals surface area (Å²) < 4.78 is 42.2. The number of halogens is 4. The second kappa shape index (κ2) is 7.45. The third kappa shape index (κ3) is 5.38. The predicted octanol–water partition coefficient (Wildman–Crippen LogP) is 4.27. The molecule has 0 atom stereocenters. The van der Waals surface area contributed by atoms with Gasteiger partial charge in [-0.2, -0.15) is 13.2 Å². The first kappa shape index (κ1) is 17.5. The zero-order valence-corrected chi connectivity index (χ0v) is 12.1. The Bertz CT molecular complexity index is 527. The zero-order valence-electron chi connectivity index (χ0n) is 11.3. The molecule has 0 radical (unpaired) electrons. The monoisotopic (exact) mass is 322 g/mol. The van der Waals surface area contributed by atoms with Gasteiger partial charge in [-0.3, -0.25) is 9.59 Å². The van der Waals surface area contributed by atoms with Crippen LogP contribution in [0.3, 0.4) is 0 Å². The van der Waals surface area contributed by atoms with Gasteiger partial charge in [-0.1, -0.05) is 11.6 Å². The fraction of sp³-hybridized carbons (Fsp3) is 0.429. The van der Waals surface area contributed by atoms with Gasteiger partial charge in [-0.25, -0.2) is 0 Å². The maximum atomic E-state index is 12.6. The lowest BCUT2D eigenvalue weighted by Gasteiger charge is -2.09. The lowest BCUT2D eigenvalue weighted by atomic mass is 10.0. The van der Waals surface area contributed by atoms with E-state index < -0.39 is 17.5 Å². The molecule has 0 saturated heterocycles. The summed E-state index contributed by atoms with van der Waals surface area (Å²) in [6, 6.07) is 2.65. The molecule has 0 unspecified atom stereocenters. The first-order valence-electron chi connectivity index (χ1n) is 6.22. The van der Waals surface area contributed by atoms with E-state index >= 15 is 0 Å². The van der Waals surface area contributed by atoms with Gasteiger partial charge in [0.05, 0.1) is 17.7 Å². The van der Waals surface area contributed by atoms with Crippen molar-refractivity contribution in [2.45, 2.75) is 31.9 Å². The molecule has 0 heterocycles. The van der Waals surface area contributed by atoms with Crippen LogP contribution in [0.4, 0.5) is 13.2 Å². The molecule has 116 valence electrons. The van der Waals surface area contributed by atoms with Crippen molar-refractivity contribution in [3.05, 3.63) is 34.3 Å². The Balaban J connectivity index is 2.67. The molecule has 0 spiro atoms. The fourth-order valence-corrected chi connectivity index (χ4v) is 1.93. The van der Waals surface area contributed by atoms with Crippen molar-refractivity contribution in [3.63, 3.8) is 0 Å². The Kier molecular flexibility index (Phi) is 6.20. The molecule has 1 aromatic rings. The number of Topliss-reactive ketones (excluding diaryl/α,β-unsaturated/α-hetero) is 1. The first-order chi connectivity index (χ1) is 9.75. The zero-order chi connectivity index (χ0) is 16.0. The van der Waals surface area contributed by atoms with Crippen LogP contribution in [0.1, 0.15) is 41.6 Å². The summed E-state index contributed by atoms with van der Waals surface area (Å²) >= 11 is 5.76. The van der Waals surface area contributed by atoms with Crippen LogP contribution in [0.15, 0.2) is 18.2 Å². The van der Waals surface area contributed by atoms with Crippen molar-refractivity contribution >= 4 is 23.4 Å². The molecule has 0 amide bonds. The third-order valence-corrected chi connectivity index (χ3v) is 3.19. The lowest BCUT2D eigenvalue weighted by molar-refractivity contribution is -0.140. The number of ketones is 1. The fourth-order valence-electron chi connectivity index (χ4n) is 1.71. The van der Waals surface area contributed by atoms with Crippen molar-refractivity contribution in [3.8, 4) is 0 Å². The lowest BCUT2D eigenvalue weighted by Crippen LogP contribution is -2.08. The van der Waals surface area contributed by atoms with Crippen LogP contribution in [-0.2, 0) is 15.7 Å². The minimum absolute atomic E-state index is 0.0130. The Morgan fingerprint density at radius 1 is 1.19 bits per heavy atom. The number of rotatable bonds is 6. The Hall–Kier alpha value is -1.56. The first-order valence-corrected chi connectivity index (χ1v) is 6.60. The van der Waals surface area contributed by atoms with Crippen LogP contribution in [0.25, 0.3) is 0 Å². The molecule has 0 saturated carbocycles. The van der Waals surface area contributed by atoms with Gasteiger partial charge in [0, 0.05) is 18.4 Å². The van der Waals surface area contributed by atoms with Crippen molar-refractivity contribution in [1.82, 2.24) is 0 Å². The van der Waals surface area contributed by atoms with Gasteiger partial charge in [0.25, 0.3) is 0 Å². The van der Waals surface area contributed by atoms with Gasteiger partial charge in [0.2, 0.25) is 0 Å². The molecule has 0 aliphatic heterocycles. The van der Waals surface area contributed by atoms with Crippen molar-refractivity contribution in [1.29, 1.82) is 0 Å². The molecule has 0 bridgehead atoms. The highest BCUT2D eigenvalue weighted by Gasteiger charge is 2.31. The highest BCUT2D eigenvalue weighted by molar-refractivity contribution is 6.34. The van der Waals surface area contributed by atoms with Crippen LogP contribution in [-0.4, -0.2) is 18.9 Å². The number of esters is 1. The van der Waals surface area contributed by atoms with Gasteiger partial charge >= 0.3 is 12.1 Å². The average Bonchev–Trinajstić information content (AvgIpc) is 2.42. The number of unbranched alkanes of at least 4 members (excludes halogenated alkanes) is 1.